The van der Waals surface area contributed by atoms with Crippen molar-refractivity contribution >= 4 is 9.84 Å². The normalized spacial score (nSPS) is 21.8. The molecule has 0 radical (unpaired) electrons. The molecule has 22 heavy (non-hydrogen) atoms. The van der Waals surface area contributed by atoms with Crippen molar-refractivity contribution in [2.45, 2.75) is 23.8 Å². The van der Waals surface area contributed by atoms with Crippen molar-refractivity contribution in [1.29, 1.82) is 0 Å². The van der Waals surface area contributed by atoms with E-state index < -0.39 is 9.84 Å². The molecule has 1 saturated heterocycles. The predicted molar refractivity (Wildman–Crippen MR) is 86.5 cm³/mol. The lowest BCUT2D eigenvalue weighted by atomic mass is 9.97. The number of sulfone groups is 1. The van der Waals surface area contributed by atoms with Crippen LogP contribution in [0.3, 0.4) is 0 Å². The molecule has 0 N–H and O–H groups in total. The van der Waals surface area contributed by atoms with E-state index in [1.807, 2.05) is 24.3 Å². The van der Waals surface area contributed by atoms with Crippen molar-refractivity contribution in [3.63, 3.8) is 0 Å². The smallest absolute Gasteiger partial charge is 0.180 e. The fraction of sp³-hybridized carbons (Fsp3) is 0.333. The summed E-state index contributed by atoms with van der Waals surface area (Å²) in [7, 11) is -3.26. The Morgan fingerprint density at radius 3 is 2.27 bits per heavy atom. The molecule has 0 bridgehead atoms. The second kappa shape index (κ2) is 6.63. The monoisotopic (exact) mass is 316 g/mol. The maximum Gasteiger partial charge on any atom is 0.180 e. The minimum Gasteiger partial charge on any atom is -0.377 e. The van der Waals surface area contributed by atoms with Gasteiger partial charge in [0.15, 0.2) is 9.84 Å². The second-order valence-electron chi connectivity index (χ2n) is 5.84. The van der Waals surface area contributed by atoms with Crippen LogP contribution in [-0.2, 0) is 21.0 Å². The number of rotatable bonds is 5. The Kier molecular flexibility index (Phi) is 4.60. The Hall–Kier alpha value is -1.65. The molecule has 2 aromatic rings. The molecule has 0 amide bonds. The zero-order chi connectivity index (χ0) is 15.4. The second-order valence-corrected chi connectivity index (χ2v) is 7.88. The predicted octanol–water partition coefficient (Wildman–Crippen LogP) is 3.11. The highest BCUT2D eigenvalue weighted by atomic mass is 32.2. The Morgan fingerprint density at radius 1 is 0.955 bits per heavy atom. The number of benzene rings is 2. The Bertz CT molecular complexity index is 696. The van der Waals surface area contributed by atoms with Gasteiger partial charge in [0.05, 0.1) is 23.4 Å². The highest BCUT2D eigenvalue weighted by molar-refractivity contribution is 7.91. The minimum absolute atomic E-state index is 0.0717. The van der Waals surface area contributed by atoms with E-state index in [2.05, 4.69) is 12.1 Å². The van der Waals surface area contributed by atoms with E-state index in [1.165, 1.54) is 5.56 Å². The maximum atomic E-state index is 12.4. The van der Waals surface area contributed by atoms with Crippen LogP contribution in [0.2, 0.25) is 0 Å². The fourth-order valence-electron chi connectivity index (χ4n) is 2.95. The van der Waals surface area contributed by atoms with Crippen molar-refractivity contribution in [3.05, 3.63) is 66.2 Å². The highest BCUT2D eigenvalue weighted by Crippen LogP contribution is 2.26. The van der Waals surface area contributed by atoms with E-state index in [0.717, 1.165) is 12.8 Å². The molecule has 0 spiro atoms. The molecule has 0 aromatic heterocycles. The highest BCUT2D eigenvalue weighted by Gasteiger charge is 2.30. The molecule has 1 fully saturated rings. The molecule has 4 heteroatoms. The largest absolute Gasteiger partial charge is 0.377 e. The average Bonchev–Trinajstić information content (AvgIpc) is 2.95. The third-order valence-corrected chi connectivity index (χ3v) is 5.84. The van der Waals surface area contributed by atoms with Crippen molar-refractivity contribution in [2.75, 3.05) is 12.4 Å². The van der Waals surface area contributed by atoms with E-state index >= 15 is 0 Å². The third kappa shape index (κ3) is 3.76. The van der Waals surface area contributed by atoms with Gasteiger partial charge in [0.25, 0.3) is 0 Å². The van der Waals surface area contributed by atoms with Gasteiger partial charge in [-0.2, -0.15) is 0 Å². The van der Waals surface area contributed by atoms with Crippen LogP contribution in [0.25, 0.3) is 0 Å². The van der Waals surface area contributed by atoms with Gasteiger partial charge < -0.3 is 4.74 Å². The summed E-state index contributed by atoms with van der Waals surface area (Å²) in [6.07, 6.45) is 1.56. The summed E-state index contributed by atoms with van der Waals surface area (Å²) >= 11 is 0. The summed E-state index contributed by atoms with van der Waals surface area (Å²) in [6.45, 7) is 0.643. The Labute approximate surface area is 131 Å². The van der Waals surface area contributed by atoms with E-state index in [4.69, 9.17) is 4.74 Å². The van der Waals surface area contributed by atoms with Gasteiger partial charge in [-0.25, -0.2) is 8.42 Å². The summed E-state index contributed by atoms with van der Waals surface area (Å²) in [5, 5.41) is 0. The van der Waals surface area contributed by atoms with Gasteiger partial charge in [0, 0.05) is 0 Å². The van der Waals surface area contributed by atoms with Crippen molar-refractivity contribution in [1.82, 2.24) is 0 Å². The zero-order valence-electron chi connectivity index (χ0n) is 12.4. The molecule has 3 nitrogen and oxygen atoms in total. The summed E-state index contributed by atoms with van der Waals surface area (Å²) in [6, 6.07) is 18.9. The zero-order valence-corrected chi connectivity index (χ0v) is 13.2. The van der Waals surface area contributed by atoms with Gasteiger partial charge in [-0.1, -0.05) is 48.5 Å². The molecular formula is C18H20O3S. The lowest BCUT2D eigenvalue weighted by molar-refractivity contribution is 0.122. The molecule has 1 heterocycles. The maximum absolute atomic E-state index is 12.4. The standard InChI is InChI=1S/C18H20O3S/c19-22(20,18-9-5-2-6-10-18)14-17-12-16(13-21-17)11-15-7-3-1-4-8-15/h1-10,16-17H,11-14H2/t16-,17+/m1/s1. The fourth-order valence-corrected chi connectivity index (χ4v) is 4.44. The van der Waals surface area contributed by atoms with Crippen molar-refractivity contribution in [3.8, 4) is 0 Å². The quantitative estimate of drug-likeness (QED) is 0.851. The van der Waals surface area contributed by atoms with Crippen LogP contribution in [0.4, 0.5) is 0 Å². The molecular weight excluding hydrogens is 296 g/mol. The van der Waals surface area contributed by atoms with E-state index in [9.17, 15) is 8.42 Å². The molecule has 2 aromatic carbocycles. The molecule has 1 aliphatic rings. The van der Waals surface area contributed by atoms with Crippen LogP contribution in [0.15, 0.2) is 65.6 Å². The summed E-state index contributed by atoms with van der Waals surface area (Å²) in [5.74, 6) is 0.473. The molecule has 3 rings (SSSR count). The molecule has 0 saturated carbocycles. The minimum atomic E-state index is -3.26. The molecule has 0 unspecified atom stereocenters. The molecule has 0 aliphatic carbocycles. The summed E-state index contributed by atoms with van der Waals surface area (Å²) < 4.78 is 30.5. The lowest BCUT2D eigenvalue weighted by Gasteiger charge is -2.10. The van der Waals surface area contributed by atoms with Crippen LogP contribution >= 0.6 is 0 Å². The Morgan fingerprint density at radius 2 is 1.59 bits per heavy atom. The van der Waals surface area contributed by atoms with Crippen LogP contribution in [0.1, 0.15) is 12.0 Å². The van der Waals surface area contributed by atoms with Crippen LogP contribution in [-0.4, -0.2) is 26.9 Å². The van der Waals surface area contributed by atoms with Gasteiger partial charge in [-0.15, -0.1) is 0 Å². The van der Waals surface area contributed by atoms with E-state index in [1.54, 1.807) is 24.3 Å². The topological polar surface area (TPSA) is 43.4 Å². The first-order chi connectivity index (χ1) is 10.6. The van der Waals surface area contributed by atoms with Crippen molar-refractivity contribution < 1.29 is 13.2 Å². The van der Waals surface area contributed by atoms with Gasteiger partial charge in [-0.05, 0) is 36.5 Å². The van der Waals surface area contributed by atoms with E-state index in [-0.39, 0.29) is 11.9 Å². The van der Waals surface area contributed by atoms with Crippen LogP contribution in [0.5, 0.6) is 0 Å². The average molecular weight is 316 g/mol. The first-order valence-electron chi connectivity index (χ1n) is 7.57. The lowest BCUT2D eigenvalue weighted by Crippen LogP contribution is -2.20. The summed E-state index contributed by atoms with van der Waals surface area (Å²) in [5.41, 5.74) is 1.28. The van der Waals surface area contributed by atoms with Gasteiger partial charge in [0.1, 0.15) is 0 Å². The van der Waals surface area contributed by atoms with Crippen LogP contribution in [0, 0.1) is 5.92 Å². The number of hydrogen-bond donors (Lipinski definition) is 0. The van der Waals surface area contributed by atoms with Gasteiger partial charge in [-0.3, -0.25) is 0 Å². The number of ether oxygens (including phenoxy) is 1. The van der Waals surface area contributed by atoms with Gasteiger partial charge >= 0.3 is 0 Å². The van der Waals surface area contributed by atoms with Crippen LogP contribution < -0.4 is 0 Å². The first kappa shape index (κ1) is 15.3. The first-order valence-corrected chi connectivity index (χ1v) is 9.22. The van der Waals surface area contributed by atoms with Gasteiger partial charge in [0.2, 0.25) is 0 Å². The van der Waals surface area contributed by atoms with Crippen molar-refractivity contribution in [2.24, 2.45) is 5.92 Å². The SMILES string of the molecule is O=S(=O)(C[C@@H]1C[C@@H](Cc2ccccc2)CO1)c1ccccc1. The third-order valence-electron chi connectivity index (χ3n) is 4.04. The Balaban J connectivity index is 1.59. The van der Waals surface area contributed by atoms with E-state index in [0.29, 0.717) is 17.4 Å². The summed E-state index contributed by atoms with van der Waals surface area (Å²) in [4.78, 5) is 0.380. The molecule has 2 atom stereocenters. The molecule has 116 valence electrons. The number of hydrogen-bond acceptors (Lipinski definition) is 3. The molecule has 1 aliphatic heterocycles.